The quantitative estimate of drug-likeness (QED) is 0.335. The fourth-order valence-corrected chi connectivity index (χ4v) is 4.17. The molecule has 204 valence electrons. The second kappa shape index (κ2) is 13.0. The second-order valence-electron chi connectivity index (χ2n) is 8.98. The van der Waals surface area contributed by atoms with Crippen LogP contribution in [0.1, 0.15) is 31.4 Å². The predicted octanol–water partition coefficient (Wildman–Crippen LogP) is 3.91. The first-order valence-corrected chi connectivity index (χ1v) is 12.8. The van der Waals surface area contributed by atoms with Crippen molar-refractivity contribution in [2.45, 2.75) is 45.4 Å². The van der Waals surface area contributed by atoms with Crippen LogP contribution in [0, 0.1) is 5.82 Å². The molecule has 2 aliphatic heterocycles. The minimum absolute atomic E-state index is 0.00913. The molecule has 0 saturated heterocycles. The van der Waals surface area contributed by atoms with E-state index in [1.165, 1.54) is 12.1 Å². The summed E-state index contributed by atoms with van der Waals surface area (Å²) in [6.07, 6.45) is 3.52. The van der Waals surface area contributed by atoms with Crippen molar-refractivity contribution >= 4 is 18.1 Å². The number of nitrogens with zero attached hydrogens (tertiary/aromatic N) is 1. The Bertz CT molecular complexity index is 1310. The molecule has 2 heterocycles. The van der Waals surface area contributed by atoms with Gasteiger partial charge >= 0.3 is 5.97 Å². The van der Waals surface area contributed by atoms with E-state index >= 15 is 0 Å². The molecular formula is C30H31FN2O6. The van der Waals surface area contributed by atoms with Gasteiger partial charge in [-0.05, 0) is 42.7 Å². The average Bonchev–Trinajstić information content (AvgIpc) is 3.19. The zero-order valence-corrected chi connectivity index (χ0v) is 21.9. The molecule has 2 unspecified atom stereocenters. The third-order valence-corrected chi connectivity index (χ3v) is 6.22. The van der Waals surface area contributed by atoms with Gasteiger partial charge in [-0.15, -0.1) is 0 Å². The number of aliphatic hydroxyl groups is 1. The van der Waals surface area contributed by atoms with Crippen molar-refractivity contribution < 1.29 is 33.3 Å². The maximum absolute atomic E-state index is 13.5. The maximum atomic E-state index is 13.5. The topological polar surface area (TPSA) is 106 Å². The molecule has 2 aromatic carbocycles. The Balaban J connectivity index is 1.77. The summed E-state index contributed by atoms with van der Waals surface area (Å²) in [6.45, 7) is 3.43. The van der Waals surface area contributed by atoms with Crippen molar-refractivity contribution in [1.29, 1.82) is 0 Å². The number of esters is 1. The van der Waals surface area contributed by atoms with Crippen LogP contribution in [0.4, 0.5) is 4.39 Å². The number of aliphatic imine (C=N–C) groups is 1. The summed E-state index contributed by atoms with van der Waals surface area (Å²) in [7, 11) is 0. The first kappa shape index (κ1) is 27.8. The van der Waals surface area contributed by atoms with Gasteiger partial charge in [0, 0.05) is 18.2 Å². The number of amides is 1. The number of benzene rings is 2. The number of hydrogen-bond donors (Lipinski definition) is 2. The highest BCUT2D eigenvalue weighted by Crippen LogP contribution is 2.30. The van der Waals surface area contributed by atoms with Crippen LogP contribution in [-0.4, -0.2) is 48.6 Å². The highest BCUT2D eigenvalue weighted by Gasteiger charge is 2.36. The summed E-state index contributed by atoms with van der Waals surface area (Å²) in [6, 6.07) is 14.5. The lowest BCUT2D eigenvalue weighted by molar-refractivity contribution is -0.140. The van der Waals surface area contributed by atoms with Gasteiger partial charge in [-0.25, -0.2) is 9.18 Å². The Kier molecular flexibility index (Phi) is 9.27. The van der Waals surface area contributed by atoms with Crippen molar-refractivity contribution in [3.8, 4) is 0 Å². The number of rotatable bonds is 11. The minimum Gasteiger partial charge on any atom is -0.489 e. The number of ether oxygens (including phenoxy) is 3. The molecule has 2 bridgehead atoms. The zero-order valence-electron chi connectivity index (χ0n) is 21.9. The third kappa shape index (κ3) is 6.80. The molecule has 1 amide bonds. The number of fused-ring (bicyclic) bond motifs is 1. The van der Waals surface area contributed by atoms with Gasteiger partial charge in [-0.1, -0.05) is 49.4 Å². The van der Waals surface area contributed by atoms with Crippen LogP contribution in [0.2, 0.25) is 0 Å². The fourth-order valence-electron chi connectivity index (χ4n) is 4.17. The molecule has 2 atom stereocenters. The Morgan fingerprint density at radius 3 is 2.51 bits per heavy atom. The lowest BCUT2D eigenvalue weighted by Gasteiger charge is -2.25. The van der Waals surface area contributed by atoms with Crippen molar-refractivity contribution in [3.05, 3.63) is 106 Å². The number of halogens is 1. The predicted molar refractivity (Wildman–Crippen MR) is 143 cm³/mol. The van der Waals surface area contributed by atoms with Gasteiger partial charge in [0.1, 0.15) is 36.0 Å². The fraction of sp³-hybridized carbons (Fsp3) is 0.300. The average molecular weight is 535 g/mol. The van der Waals surface area contributed by atoms with Crippen molar-refractivity contribution in [1.82, 2.24) is 5.32 Å². The van der Waals surface area contributed by atoms with E-state index in [4.69, 9.17) is 14.2 Å². The summed E-state index contributed by atoms with van der Waals surface area (Å²) in [4.78, 5) is 31.0. The summed E-state index contributed by atoms with van der Waals surface area (Å²) >= 11 is 0. The van der Waals surface area contributed by atoms with Gasteiger partial charge in [0.15, 0.2) is 11.3 Å². The van der Waals surface area contributed by atoms with Gasteiger partial charge in [-0.3, -0.25) is 9.79 Å². The molecule has 4 rings (SSSR count). The molecular weight excluding hydrogens is 503 g/mol. The van der Waals surface area contributed by atoms with Gasteiger partial charge in [0.25, 0.3) is 5.91 Å². The molecule has 2 N–H and O–H groups in total. The molecule has 2 aromatic rings. The summed E-state index contributed by atoms with van der Waals surface area (Å²) in [5, 5.41) is 12.7. The van der Waals surface area contributed by atoms with E-state index in [2.05, 4.69) is 10.3 Å². The van der Waals surface area contributed by atoms with Crippen molar-refractivity contribution in [3.63, 3.8) is 0 Å². The Morgan fingerprint density at radius 1 is 1.10 bits per heavy atom. The van der Waals surface area contributed by atoms with Crippen molar-refractivity contribution in [2.75, 3.05) is 13.2 Å². The molecule has 8 nitrogen and oxygen atoms in total. The molecule has 9 heteroatoms. The smallest absolute Gasteiger partial charge is 0.347 e. The van der Waals surface area contributed by atoms with E-state index in [1.807, 2.05) is 37.3 Å². The Hall–Kier alpha value is -4.24. The van der Waals surface area contributed by atoms with E-state index < -0.39 is 24.0 Å². The highest BCUT2D eigenvalue weighted by atomic mass is 19.1. The molecule has 0 saturated carbocycles. The highest BCUT2D eigenvalue weighted by molar-refractivity contribution is 6.18. The second-order valence-corrected chi connectivity index (χ2v) is 8.98. The maximum Gasteiger partial charge on any atom is 0.347 e. The number of carbonyl (C=O) groups excluding carboxylic acids is 2. The van der Waals surface area contributed by atoms with Crippen LogP contribution in [-0.2, 0) is 36.8 Å². The molecule has 0 radical (unpaired) electrons. The third-order valence-electron chi connectivity index (χ3n) is 6.22. The van der Waals surface area contributed by atoms with Crippen LogP contribution < -0.4 is 5.32 Å². The SMILES string of the molecule is CCOC(=O)C1=C(OCc2ccccc2)C2=CC(NC1=O)C(OC(CC)CO)=C(Cc1ccc(F)cc1)C=N2. The minimum atomic E-state index is -0.833. The van der Waals surface area contributed by atoms with E-state index in [-0.39, 0.29) is 42.7 Å². The molecule has 0 aromatic heterocycles. The van der Waals surface area contributed by atoms with Gasteiger partial charge in [0.05, 0.1) is 13.2 Å². The molecule has 0 fully saturated rings. The van der Waals surface area contributed by atoms with Gasteiger partial charge in [0.2, 0.25) is 0 Å². The molecule has 0 spiro atoms. The molecule has 39 heavy (non-hydrogen) atoms. The molecule has 0 aliphatic carbocycles. The lowest BCUT2D eigenvalue weighted by atomic mass is 10.0. The first-order valence-electron chi connectivity index (χ1n) is 12.8. The van der Waals surface area contributed by atoms with Gasteiger partial charge in [-0.2, -0.15) is 0 Å². The van der Waals surface area contributed by atoms with E-state index in [9.17, 15) is 19.1 Å². The summed E-state index contributed by atoms with van der Waals surface area (Å²) in [5.74, 6) is -1.54. The van der Waals surface area contributed by atoms with Crippen LogP contribution >= 0.6 is 0 Å². The summed E-state index contributed by atoms with van der Waals surface area (Å²) in [5.41, 5.74) is 2.20. The number of allylic oxidation sites excluding steroid dienone is 1. The van der Waals surface area contributed by atoms with E-state index in [1.54, 1.807) is 31.3 Å². The van der Waals surface area contributed by atoms with Crippen LogP contribution in [0.25, 0.3) is 0 Å². The normalized spacial score (nSPS) is 17.6. The lowest BCUT2D eigenvalue weighted by Crippen LogP contribution is -2.39. The number of carbonyl (C=O) groups is 2. The number of aliphatic hydroxyl groups excluding tert-OH is 1. The van der Waals surface area contributed by atoms with E-state index in [0.29, 0.717) is 24.2 Å². The molecule has 2 aliphatic rings. The van der Waals surface area contributed by atoms with Crippen LogP contribution in [0.5, 0.6) is 0 Å². The number of hydrogen-bond acceptors (Lipinski definition) is 7. The summed E-state index contributed by atoms with van der Waals surface area (Å²) < 4.78 is 31.0. The van der Waals surface area contributed by atoms with Crippen LogP contribution in [0.3, 0.4) is 0 Å². The van der Waals surface area contributed by atoms with Gasteiger partial charge < -0.3 is 24.6 Å². The number of nitrogens with one attached hydrogen (secondary N) is 1. The van der Waals surface area contributed by atoms with Crippen molar-refractivity contribution in [2.24, 2.45) is 4.99 Å². The largest absolute Gasteiger partial charge is 0.489 e. The zero-order chi connectivity index (χ0) is 27.8. The Labute approximate surface area is 226 Å². The Morgan fingerprint density at radius 2 is 1.85 bits per heavy atom. The first-order chi connectivity index (χ1) is 18.9. The monoisotopic (exact) mass is 534 g/mol. The standard InChI is InChI=1S/C30H31FN2O6/c1-3-23(17-34)39-27-21(14-19-10-12-22(31)13-11-19)16-32-24-15-25(27)33-29(35)26(30(36)37-4-2)28(24)38-18-20-8-6-5-7-9-20/h5-13,15-16,23,25,34H,3-4,14,17-18H2,1-2H3,(H,33,35). The van der Waals surface area contributed by atoms with Crippen LogP contribution in [0.15, 0.2) is 94.0 Å². The van der Waals surface area contributed by atoms with E-state index in [0.717, 1.165) is 11.1 Å².